The second kappa shape index (κ2) is 7.63. The van der Waals surface area contributed by atoms with Gasteiger partial charge in [0.05, 0.1) is 26.3 Å². The Hall–Kier alpha value is -3.88. The van der Waals surface area contributed by atoms with Crippen molar-refractivity contribution in [3.63, 3.8) is 0 Å². The molecule has 0 spiro atoms. The molecule has 148 valence electrons. The maximum atomic E-state index is 12.6. The molecule has 1 aliphatic rings. The van der Waals surface area contributed by atoms with Gasteiger partial charge in [0, 0.05) is 11.6 Å². The minimum Gasteiger partial charge on any atom is -0.497 e. The van der Waals surface area contributed by atoms with Gasteiger partial charge in [0.15, 0.2) is 5.82 Å². The molecule has 1 aromatic heterocycles. The minimum absolute atomic E-state index is 0.0917. The molecule has 0 radical (unpaired) electrons. The summed E-state index contributed by atoms with van der Waals surface area (Å²) >= 11 is 0. The fraction of sp³-hybridized carbons (Fsp3) is 0.200. The Morgan fingerprint density at radius 2 is 1.97 bits per heavy atom. The molecular weight excluding hydrogens is 374 g/mol. The van der Waals surface area contributed by atoms with Gasteiger partial charge in [-0.1, -0.05) is 30.3 Å². The number of hydrogen-bond acceptors (Lipinski definition) is 6. The van der Waals surface area contributed by atoms with E-state index >= 15 is 0 Å². The molecule has 1 atom stereocenters. The van der Waals surface area contributed by atoms with Gasteiger partial charge in [0.2, 0.25) is 11.9 Å². The Morgan fingerprint density at radius 1 is 1.17 bits per heavy atom. The van der Waals surface area contributed by atoms with Crippen LogP contribution in [0, 0.1) is 0 Å². The van der Waals surface area contributed by atoms with Gasteiger partial charge in [-0.25, -0.2) is 4.68 Å². The van der Waals surface area contributed by atoms with Crippen molar-refractivity contribution in [3.8, 4) is 22.9 Å². The first-order chi connectivity index (χ1) is 14.1. The molecule has 0 bridgehead atoms. The summed E-state index contributed by atoms with van der Waals surface area (Å²) in [6.45, 7) is 0. The van der Waals surface area contributed by atoms with Crippen molar-refractivity contribution in [1.82, 2.24) is 14.8 Å². The molecule has 3 aromatic rings. The lowest BCUT2D eigenvalue weighted by Crippen LogP contribution is -2.24. The van der Waals surface area contributed by atoms with E-state index < -0.39 is 6.04 Å². The molecule has 9 nitrogen and oxygen atoms in total. The van der Waals surface area contributed by atoms with Gasteiger partial charge in [-0.15, -0.1) is 5.10 Å². The Kier molecular flexibility index (Phi) is 4.86. The van der Waals surface area contributed by atoms with E-state index in [0.29, 0.717) is 29.0 Å². The summed E-state index contributed by atoms with van der Waals surface area (Å²) in [4.78, 5) is 29.2. The van der Waals surface area contributed by atoms with E-state index in [1.54, 1.807) is 25.3 Å². The number of fused-ring (bicyclic) bond motifs is 1. The van der Waals surface area contributed by atoms with Crippen molar-refractivity contribution in [1.29, 1.82) is 0 Å². The molecule has 0 saturated heterocycles. The molecule has 2 N–H and O–H groups in total. The number of amides is 2. The molecule has 4 rings (SSSR count). The van der Waals surface area contributed by atoms with E-state index in [0.717, 1.165) is 5.56 Å². The summed E-state index contributed by atoms with van der Waals surface area (Å²) in [6.07, 6.45) is -0.0917. The summed E-state index contributed by atoms with van der Waals surface area (Å²) < 4.78 is 11.9. The first kappa shape index (κ1) is 18.5. The Bertz CT molecular complexity index is 1060. The molecule has 2 heterocycles. The third kappa shape index (κ3) is 3.62. The van der Waals surface area contributed by atoms with Gasteiger partial charge < -0.3 is 14.8 Å². The fourth-order valence-corrected chi connectivity index (χ4v) is 3.10. The van der Waals surface area contributed by atoms with Gasteiger partial charge in [0.25, 0.3) is 5.91 Å². The molecule has 29 heavy (non-hydrogen) atoms. The molecule has 0 unspecified atom stereocenters. The summed E-state index contributed by atoms with van der Waals surface area (Å²) in [5.41, 5.74) is 1.32. The number of methoxy groups -OCH3 is 2. The maximum absolute atomic E-state index is 12.6. The zero-order chi connectivity index (χ0) is 20.4. The molecular formula is C20H19N5O4. The van der Waals surface area contributed by atoms with Gasteiger partial charge in [0.1, 0.15) is 17.5 Å². The van der Waals surface area contributed by atoms with Crippen LogP contribution in [0.3, 0.4) is 0 Å². The maximum Gasteiger partial charge on any atom is 0.252 e. The van der Waals surface area contributed by atoms with Crippen LogP contribution in [0.5, 0.6) is 11.5 Å². The monoisotopic (exact) mass is 393 g/mol. The number of carbonyl (C=O) groups excluding carboxylic acids is 2. The van der Waals surface area contributed by atoms with Crippen LogP contribution in [0.4, 0.5) is 11.6 Å². The average molecular weight is 393 g/mol. The van der Waals surface area contributed by atoms with E-state index in [2.05, 4.69) is 20.7 Å². The quantitative estimate of drug-likeness (QED) is 0.666. The zero-order valence-electron chi connectivity index (χ0n) is 15.9. The van der Waals surface area contributed by atoms with Crippen LogP contribution >= 0.6 is 0 Å². The van der Waals surface area contributed by atoms with E-state index in [9.17, 15) is 9.59 Å². The van der Waals surface area contributed by atoms with E-state index in [1.165, 1.54) is 11.8 Å². The van der Waals surface area contributed by atoms with Crippen LogP contribution in [-0.4, -0.2) is 40.8 Å². The lowest BCUT2D eigenvalue weighted by Gasteiger charge is -2.13. The highest BCUT2D eigenvalue weighted by molar-refractivity contribution is 6.01. The fourth-order valence-electron chi connectivity index (χ4n) is 3.10. The predicted octanol–water partition coefficient (Wildman–Crippen LogP) is 2.48. The smallest absolute Gasteiger partial charge is 0.252 e. The van der Waals surface area contributed by atoms with Gasteiger partial charge >= 0.3 is 0 Å². The highest BCUT2D eigenvalue weighted by Gasteiger charge is 2.35. The lowest BCUT2D eigenvalue weighted by atomic mass is 10.2. The summed E-state index contributed by atoms with van der Waals surface area (Å²) in [6, 6.07) is 13.7. The minimum atomic E-state index is -0.779. The number of ether oxygens (including phenoxy) is 2. The van der Waals surface area contributed by atoms with Gasteiger partial charge in [-0.3, -0.25) is 14.9 Å². The van der Waals surface area contributed by atoms with Crippen LogP contribution in [0.1, 0.15) is 12.5 Å². The number of nitrogens with one attached hydrogen (secondary N) is 2. The number of hydrogen-bond donors (Lipinski definition) is 2. The Morgan fingerprint density at radius 3 is 2.69 bits per heavy atom. The van der Waals surface area contributed by atoms with E-state index in [-0.39, 0.29) is 18.2 Å². The topological polar surface area (TPSA) is 107 Å². The number of aromatic nitrogens is 3. The molecule has 1 aliphatic heterocycles. The van der Waals surface area contributed by atoms with Crippen molar-refractivity contribution < 1.29 is 19.1 Å². The van der Waals surface area contributed by atoms with Gasteiger partial charge in [-0.05, 0) is 12.1 Å². The summed E-state index contributed by atoms with van der Waals surface area (Å²) in [5, 5.41) is 9.85. The highest BCUT2D eigenvalue weighted by Crippen LogP contribution is 2.31. The summed E-state index contributed by atoms with van der Waals surface area (Å²) in [7, 11) is 3.05. The first-order valence-corrected chi connectivity index (χ1v) is 8.93. The SMILES string of the molecule is COc1ccc(NC(=O)C[C@@H]2C(=O)Nc3nc(-c4ccccc4)nn32)c(OC)c1. The lowest BCUT2D eigenvalue weighted by molar-refractivity contribution is -0.123. The van der Waals surface area contributed by atoms with Crippen molar-refractivity contribution in [2.45, 2.75) is 12.5 Å². The van der Waals surface area contributed by atoms with Crippen molar-refractivity contribution in [2.75, 3.05) is 24.9 Å². The molecule has 0 fully saturated rings. The molecule has 2 aromatic carbocycles. The number of carbonyl (C=O) groups is 2. The standard InChI is InChI=1S/C20H19N5O4/c1-28-13-8-9-14(16(10-13)29-2)21-17(26)11-15-19(27)23-20-22-18(24-25(15)20)12-6-4-3-5-7-12/h3-10,15H,11H2,1-2H3,(H,21,26)(H,22,23,24,27)/t15-/m1/s1. The van der Waals surface area contributed by atoms with Crippen molar-refractivity contribution in [2.24, 2.45) is 0 Å². The predicted molar refractivity (Wildman–Crippen MR) is 106 cm³/mol. The number of rotatable bonds is 6. The zero-order valence-corrected chi connectivity index (χ0v) is 15.9. The molecule has 9 heteroatoms. The van der Waals surface area contributed by atoms with Crippen molar-refractivity contribution in [3.05, 3.63) is 48.5 Å². The van der Waals surface area contributed by atoms with Crippen LogP contribution in [-0.2, 0) is 9.59 Å². The van der Waals surface area contributed by atoms with Crippen LogP contribution < -0.4 is 20.1 Å². The molecule has 0 saturated carbocycles. The third-order valence-corrected chi connectivity index (χ3v) is 4.56. The second-order valence-corrected chi connectivity index (χ2v) is 6.39. The molecule has 0 aliphatic carbocycles. The number of anilines is 2. The normalized spacial score (nSPS) is 14.8. The number of nitrogens with zero attached hydrogens (tertiary/aromatic N) is 3. The Balaban J connectivity index is 1.51. The average Bonchev–Trinajstić information content (AvgIpc) is 3.27. The number of benzene rings is 2. The van der Waals surface area contributed by atoms with E-state index in [1.807, 2.05) is 30.3 Å². The van der Waals surface area contributed by atoms with Crippen LogP contribution in [0.15, 0.2) is 48.5 Å². The molecule has 2 amide bonds. The highest BCUT2D eigenvalue weighted by atomic mass is 16.5. The Labute approximate surface area is 166 Å². The van der Waals surface area contributed by atoms with E-state index in [4.69, 9.17) is 9.47 Å². The van der Waals surface area contributed by atoms with Crippen LogP contribution in [0.25, 0.3) is 11.4 Å². The first-order valence-electron chi connectivity index (χ1n) is 8.93. The van der Waals surface area contributed by atoms with Crippen molar-refractivity contribution >= 4 is 23.5 Å². The van der Waals surface area contributed by atoms with Gasteiger partial charge in [-0.2, -0.15) is 4.98 Å². The summed E-state index contributed by atoms with van der Waals surface area (Å²) in [5.74, 6) is 1.21. The van der Waals surface area contributed by atoms with Crippen LogP contribution in [0.2, 0.25) is 0 Å². The third-order valence-electron chi connectivity index (χ3n) is 4.56. The largest absolute Gasteiger partial charge is 0.497 e. The second-order valence-electron chi connectivity index (χ2n) is 6.39.